The molecule has 0 aromatic carbocycles. The molecule has 1 heterocycles. The van der Waals surface area contributed by atoms with Crippen molar-refractivity contribution in [2.24, 2.45) is 5.41 Å². The molecule has 0 aromatic rings. The van der Waals surface area contributed by atoms with Gasteiger partial charge in [-0.2, -0.15) is 0 Å². The summed E-state index contributed by atoms with van der Waals surface area (Å²) in [5, 5.41) is 0. The number of alkyl halides is 1. The smallest absolute Gasteiger partial charge is 0.131 e. The van der Waals surface area contributed by atoms with Gasteiger partial charge >= 0.3 is 0 Å². The van der Waals surface area contributed by atoms with E-state index in [1.54, 1.807) is 0 Å². The Labute approximate surface area is 59.4 Å². The average Bonchev–Trinajstić information content (AvgIpc) is 2.06. The summed E-state index contributed by atoms with van der Waals surface area (Å²) < 4.78 is 17.2. The SMILES string of the molecule is O=CC1(CF)CCCOC1. The Morgan fingerprint density at radius 2 is 2.50 bits per heavy atom. The monoisotopic (exact) mass is 146 g/mol. The maximum Gasteiger partial charge on any atom is 0.131 e. The largest absolute Gasteiger partial charge is 0.380 e. The van der Waals surface area contributed by atoms with Gasteiger partial charge in [-0.1, -0.05) is 0 Å². The van der Waals surface area contributed by atoms with Crippen molar-refractivity contribution in [3.05, 3.63) is 0 Å². The fourth-order valence-electron chi connectivity index (χ4n) is 1.10. The van der Waals surface area contributed by atoms with Crippen molar-refractivity contribution in [3.8, 4) is 0 Å². The number of rotatable bonds is 2. The minimum absolute atomic E-state index is 0.257. The van der Waals surface area contributed by atoms with Crippen LogP contribution < -0.4 is 0 Å². The van der Waals surface area contributed by atoms with Crippen LogP contribution in [0.4, 0.5) is 4.39 Å². The molecule has 0 spiro atoms. The molecule has 0 bridgehead atoms. The summed E-state index contributed by atoms with van der Waals surface area (Å²) in [7, 11) is 0. The molecule has 0 saturated carbocycles. The maximum absolute atomic E-state index is 12.2. The first-order chi connectivity index (χ1) is 4.83. The Morgan fingerprint density at radius 1 is 1.70 bits per heavy atom. The summed E-state index contributed by atoms with van der Waals surface area (Å²) in [6.45, 7) is 0.332. The quantitative estimate of drug-likeness (QED) is 0.542. The predicted octanol–water partition coefficient (Wildman–Crippen LogP) is 0.952. The van der Waals surface area contributed by atoms with E-state index in [0.717, 1.165) is 6.42 Å². The molecule has 1 fully saturated rings. The Morgan fingerprint density at radius 3 is 2.80 bits per heavy atom. The Hall–Kier alpha value is -0.440. The van der Waals surface area contributed by atoms with Gasteiger partial charge in [0, 0.05) is 6.61 Å². The van der Waals surface area contributed by atoms with Gasteiger partial charge in [-0.3, -0.25) is 0 Å². The van der Waals surface area contributed by atoms with Crippen LogP contribution in [0, 0.1) is 5.41 Å². The van der Waals surface area contributed by atoms with Crippen molar-refractivity contribution >= 4 is 6.29 Å². The van der Waals surface area contributed by atoms with Crippen LogP contribution in [0.1, 0.15) is 12.8 Å². The summed E-state index contributed by atoms with van der Waals surface area (Å²) in [5.74, 6) is 0. The number of carbonyl (C=O) groups is 1. The van der Waals surface area contributed by atoms with Crippen LogP contribution in [0.25, 0.3) is 0 Å². The van der Waals surface area contributed by atoms with Crippen molar-refractivity contribution in [2.75, 3.05) is 19.9 Å². The molecule has 1 unspecified atom stereocenters. The molecule has 2 nitrogen and oxygen atoms in total. The fourth-order valence-corrected chi connectivity index (χ4v) is 1.10. The minimum atomic E-state index is -0.807. The van der Waals surface area contributed by atoms with Crippen molar-refractivity contribution in [1.82, 2.24) is 0 Å². The van der Waals surface area contributed by atoms with Crippen LogP contribution in [-0.4, -0.2) is 26.2 Å². The van der Waals surface area contributed by atoms with E-state index in [1.807, 2.05) is 0 Å². The Kier molecular flexibility index (Phi) is 2.38. The zero-order chi connectivity index (χ0) is 7.45. The molecule has 3 heteroatoms. The first-order valence-corrected chi connectivity index (χ1v) is 3.43. The number of ether oxygens (including phenoxy) is 1. The number of hydrogen-bond acceptors (Lipinski definition) is 2. The van der Waals surface area contributed by atoms with Crippen LogP contribution in [0.3, 0.4) is 0 Å². The lowest BCUT2D eigenvalue weighted by molar-refractivity contribution is -0.125. The van der Waals surface area contributed by atoms with Crippen LogP contribution in [0.15, 0.2) is 0 Å². The van der Waals surface area contributed by atoms with Gasteiger partial charge in [0.1, 0.15) is 13.0 Å². The van der Waals surface area contributed by atoms with Gasteiger partial charge in [0.05, 0.1) is 12.0 Å². The first kappa shape index (κ1) is 7.66. The molecule has 1 aliphatic heterocycles. The lowest BCUT2D eigenvalue weighted by Gasteiger charge is -2.28. The normalized spacial score (nSPS) is 33.7. The second-order valence-corrected chi connectivity index (χ2v) is 2.77. The molecule has 0 radical (unpaired) electrons. The Balaban J connectivity index is 2.52. The minimum Gasteiger partial charge on any atom is -0.380 e. The number of hydrogen-bond donors (Lipinski definition) is 0. The zero-order valence-corrected chi connectivity index (χ0v) is 5.81. The third kappa shape index (κ3) is 1.34. The second-order valence-electron chi connectivity index (χ2n) is 2.77. The van der Waals surface area contributed by atoms with Crippen molar-refractivity contribution in [2.45, 2.75) is 12.8 Å². The van der Waals surface area contributed by atoms with E-state index in [4.69, 9.17) is 4.74 Å². The fraction of sp³-hybridized carbons (Fsp3) is 0.857. The number of halogens is 1. The van der Waals surface area contributed by atoms with E-state index in [9.17, 15) is 9.18 Å². The van der Waals surface area contributed by atoms with Gasteiger partial charge in [-0.05, 0) is 12.8 Å². The maximum atomic E-state index is 12.2. The third-order valence-electron chi connectivity index (χ3n) is 1.87. The van der Waals surface area contributed by atoms with Crippen molar-refractivity contribution in [1.29, 1.82) is 0 Å². The van der Waals surface area contributed by atoms with E-state index in [-0.39, 0.29) is 6.61 Å². The highest BCUT2D eigenvalue weighted by Crippen LogP contribution is 2.26. The average molecular weight is 146 g/mol. The molecule has 58 valence electrons. The van der Waals surface area contributed by atoms with Gasteiger partial charge < -0.3 is 9.53 Å². The molecular weight excluding hydrogens is 135 g/mol. The molecule has 1 rings (SSSR count). The number of carbonyl (C=O) groups excluding carboxylic acids is 1. The highest BCUT2D eigenvalue weighted by Gasteiger charge is 2.32. The molecule has 1 atom stereocenters. The molecule has 0 amide bonds. The van der Waals surface area contributed by atoms with Gasteiger partial charge in [0.2, 0.25) is 0 Å². The summed E-state index contributed by atoms with van der Waals surface area (Å²) in [5.41, 5.74) is -0.807. The van der Waals surface area contributed by atoms with Gasteiger partial charge in [0.25, 0.3) is 0 Å². The standard InChI is InChI=1S/C7H11FO2/c8-4-7(5-9)2-1-3-10-6-7/h5H,1-4,6H2. The summed E-state index contributed by atoms with van der Waals surface area (Å²) in [4.78, 5) is 10.4. The lowest BCUT2D eigenvalue weighted by atomic mass is 9.86. The first-order valence-electron chi connectivity index (χ1n) is 3.43. The molecule has 10 heavy (non-hydrogen) atoms. The summed E-state index contributed by atoms with van der Waals surface area (Å²) >= 11 is 0. The molecule has 1 aliphatic rings. The topological polar surface area (TPSA) is 26.3 Å². The highest BCUT2D eigenvalue weighted by molar-refractivity contribution is 5.59. The summed E-state index contributed by atoms with van der Waals surface area (Å²) in [6, 6.07) is 0. The lowest BCUT2D eigenvalue weighted by Crippen LogP contribution is -2.35. The Bertz CT molecular complexity index is 119. The zero-order valence-electron chi connectivity index (χ0n) is 5.81. The predicted molar refractivity (Wildman–Crippen MR) is 34.5 cm³/mol. The molecule has 0 N–H and O–H groups in total. The van der Waals surface area contributed by atoms with E-state index in [0.29, 0.717) is 19.3 Å². The van der Waals surface area contributed by atoms with E-state index >= 15 is 0 Å². The van der Waals surface area contributed by atoms with E-state index in [2.05, 4.69) is 0 Å². The highest BCUT2D eigenvalue weighted by atomic mass is 19.1. The second kappa shape index (κ2) is 3.10. The van der Waals surface area contributed by atoms with E-state index in [1.165, 1.54) is 0 Å². The number of aldehydes is 1. The van der Waals surface area contributed by atoms with Crippen molar-refractivity contribution in [3.63, 3.8) is 0 Å². The van der Waals surface area contributed by atoms with Crippen LogP contribution in [0.5, 0.6) is 0 Å². The van der Waals surface area contributed by atoms with Crippen LogP contribution in [0.2, 0.25) is 0 Å². The van der Waals surface area contributed by atoms with Crippen LogP contribution >= 0.6 is 0 Å². The van der Waals surface area contributed by atoms with Gasteiger partial charge in [-0.15, -0.1) is 0 Å². The molecule has 0 aliphatic carbocycles. The van der Waals surface area contributed by atoms with E-state index < -0.39 is 12.1 Å². The summed E-state index contributed by atoms with van der Waals surface area (Å²) in [6.07, 6.45) is 2.11. The third-order valence-corrected chi connectivity index (χ3v) is 1.87. The van der Waals surface area contributed by atoms with Crippen molar-refractivity contribution < 1.29 is 13.9 Å². The van der Waals surface area contributed by atoms with Gasteiger partial charge in [-0.25, -0.2) is 4.39 Å². The molecule has 1 saturated heterocycles. The van der Waals surface area contributed by atoms with Crippen LogP contribution in [-0.2, 0) is 9.53 Å². The van der Waals surface area contributed by atoms with Gasteiger partial charge in [0.15, 0.2) is 0 Å². The molecular formula is C7H11FO2. The molecule has 0 aromatic heterocycles.